The molecule has 1 aromatic carbocycles. The minimum atomic E-state index is 0.00716. The molecule has 0 aromatic heterocycles. The summed E-state index contributed by atoms with van der Waals surface area (Å²) in [6.07, 6.45) is 1.29. The molecule has 0 radical (unpaired) electrons. The fourth-order valence-electron chi connectivity index (χ4n) is 1.74. The SMILES string of the molecule is CC(C)(C)c1ccccc1C(=O)CCCCl. The molecule has 0 bridgehead atoms. The van der Waals surface area contributed by atoms with Gasteiger partial charge in [0, 0.05) is 17.9 Å². The summed E-state index contributed by atoms with van der Waals surface area (Å²) in [5.74, 6) is 0.745. The molecule has 0 saturated carbocycles. The molecular weight excluding hydrogens is 220 g/mol. The summed E-state index contributed by atoms with van der Waals surface area (Å²) in [6, 6.07) is 7.85. The molecule has 0 aliphatic carbocycles. The Morgan fingerprint density at radius 1 is 1.25 bits per heavy atom. The number of halogens is 1. The summed E-state index contributed by atoms with van der Waals surface area (Å²) in [5.41, 5.74) is 1.97. The molecule has 2 heteroatoms. The van der Waals surface area contributed by atoms with Crippen LogP contribution >= 0.6 is 11.6 Å². The highest BCUT2D eigenvalue weighted by molar-refractivity contribution is 6.18. The van der Waals surface area contributed by atoms with E-state index in [-0.39, 0.29) is 11.2 Å². The Kier molecular flexibility index (Phi) is 4.55. The van der Waals surface area contributed by atoms with Gasteiger partial charge in [-0.1, -0.05) is 45.0 Å². The number of Topliss-reactive ketones (excluding diaryl/α,β-unsaturated/α-hetero) is 1. The molecule has 1 aromatic rings. The minimum absolute atomic E-state index is 0.00716. The molecule has 0 atom stereocenters. The molecule has 0 aliphatic heterocycles. The molecule has 0 aliphatic rings. The van der Waals surface area contributed by atoms with Crippen molar-refractivity contribution < 1.29 is 4.79 Å². The van der Waals surface area contributed by atoms with Crippen molar-refractivity contribution in [1.29, 1.82) is 0 Å². The molecule has 0 N–H and O–H groups in total. The Morgan fingerprint density at radius 2 is 1.88 bits per heavy atom. The molecule has 1 nitrogen and oxygen atoms in total. The number of carbonyl (C=O) groups is 1. The summed E-state index contributed by atoms with van der Waals surface area (Å²) < 4.78 is 0. The third kappa shape index (κ3) is 3.34. The van der Waals surface area contributed by atoms with Crippen molar-refractivity contribution in [3.8, 4) is 0 Å². The van der Waals surface area contributed by atoms with Crippen LogP contribution in [0, 0.1) is 0 Å². The Hall–Kier alpha value is -0.820. The number of rotatable bonds is 4. The van der Waals surface area contributed by atoms with Gasteiger partial charge in [-0.25, -0.2) is 0 Å². The van der Waals surface area contributed by atoms with Gasteiger partial charge in [-0.2, -0.15) is 0 Å². The molecular formula is C14H19ClO. The smallest absolute Gasteiger partial charge is 0.163 e. The molecule has 0 heterocycles. The lowest BCUT2D eigenvalue weighted by Gasteiger charge is -2.22. The molecule has 0 saturated heterocycles. The van der Waals surface area contributed by atoms with Crippen molar-refractivity contribution >= 4 is 17.4 Å². The number of ketones is 1. The highest BCUT2D eigenvalue weighted by Gasteiger charge is 2.20. The maximum Gasteiger partial charge on any atom is 0.163 e. The van der Waals surface area contributed by atoms with Crippen LogP contribution in [0.1, 0.15) is 49.5 Å². The lowest BCUT2D eigenvalue weighted by Crippen LogP contribution is -2.16. The van der Waals surface area contributed by atoms with Crippen molar-refractivity contribution in [2.75, 3.05) is 5.88 Å². The van der Waals surface area contributed by atoms with Gasteiger partial charge in [0.25, 0.3) is 0 Å². The first-order valence-electron chi connectivity index (χ1n) is 5.65. The second kappa shape index (κ2) is 5.49. The number of benzene rings is 1. The zero-order chi connectivity index (χ0) is 12.2. The van der Waals surface area contributed by atoms with Crippen molar-refractivity contribution in [1.82, 2.24) is 0 Å². The fraction of sp³-hybridized carbons (Fsp3) is 0.500. The van der Waals surface area contributed by atoms with E-state index in [2.05, 4.69) is 20.8 Å². The first-order valence-corrected chi connectivity index (χ1v) is 6.19. The lowest BCUT2D eigenvalue weighted by atomic mass is 9.82. The van der Waals surface area contributed by atoms with Crippen LogP contribution in [-0.2, 0) is 5.41 Å². The Bertz CT molecular complexity index is 363. The van der Waals surface area contributed by atoms with E-state index in [1.54, 1.807) is 0 Å². The van der Waals surface area contributed by atoms with E-state index >= 15 is 0 Å². The summed E-state index contributed by atoms with van der Waals surface area (Å²) in [7, 11) is 0. The molecule has 88 valence electrons. The Morgan fingerprint density at radius 3 is 2.44 bits per heavy atom. The summed E-state index contributed by atoms with van der Waals surface area (Å²) in [5, 5.41) is 0. The Balaban J connectivity index is 3.00. The third-order valence-electron chi connectivity index (χ3n) is 2.57. The van der Waals surface area contributed by atoms with Gasteiger partial charge in [0.2, 0.25) is 0 Å². The van der Waals surface area contributed by atoms with E-state index in [1.165, 1.54) is 0 Å². The van der Waals surface area contributed by atoms with E-state index in [0.717, 1.165) is 17.5 Å². The predicted molar refractivity (Wildman–Crippen MR) is 69.4 cm³/mol. The lowest BCUT2D eigenvalue weighted by molar-refractivity contribution is 0.0980. The maximum absolute atomic E-state index is 12.0. The average Bonchev–Trinajstić information content (AvgIpc) is 2.24. The molecule has 0 fully saturated rings. The number of hydrogen-bond donors (Lipinski definition) is 0. The zero-order valence-electron chi connectivity index (χ0n) is 10.2. The second-order valence-corrected chi connectivity index (χ2v) is 5.39. The number of carbonyl (C=O) groups excluding carboxylic acids is 1. The molecule has 16 heavy (non-hydrogen) atoms. The van der Waals surface area contributed by atoms with E-state index < -0.39 is 0 Å². The van der Waals surface area contributed by atoms with Crippen molar-refractivity contribution in [3.05, 3.63) is 35.4 Å². The Labute approximate surface area is 103 Å². The third-order valence-corrected chi connectivity index (χ3v) is 2.84. The minimum Gasteiger partial charge on any atom is -0.294 e. The van der Waals surface area contributed by atoms with Gasteiger partial charge >= 0.3 is 0 Å². The van der Waals surface area contributed by atoms with E-state index in [4.69, 9.17) is 11.6 Å². The van der Waals surface area contributed by atoms with Crippen LogP contribution < -0.4 is 0 Å². The van der Waals surface area contributed by atoms with E-state index in [0.29, 0.717) is 12.3 Å². The van der Waals surface area contributed by atoms with Crippen molar-refractivity contribution in [3.63, 3.8) is 0 Å². The van der Waals surface area contributed by atoms with Crippen LogP contribution in [0.25, 0.3) is 0 Å². The van der Waals surface area contributed by atoms with Gasteiger partial charge in [0.1, 0.15) is 0 Å². The standard InChI is InChI=1S/C14H19ClO/c1-14(2,3)12-8-5-4-7-11(12)13(16)9-6-10-15/h4-5,7-8H,6,9-10H2,1-3H3. The summed E-state index contributed by atoms with van der Waals surface area (Å²) in [6.45, 7) is 6.38. The fourth-order valence-corrected chi connectivity index (χ4v) is 1.88. The monoisotopic (exact) mass is 238 g/mol. The van der Waals surface area contributed by atoms with Gasteiger partial charge in [-0.05, 0) is 17.4 Å². The van der Waals surface area contributed by atoms with Gasteiger partial charge in [0.15, 0.2) is 5.78 Å². The van der Waals surface area contributed by atoms with Gasteiger partial charge < -0.3 is 0 Å². The number of hydrogen-bond acceptors (Lipinski definition) is 1. The normalized spacial score (nSPS) is 11.5. The molecule has 0 amide bonds. The summed E-state index contributed by atoms with van der Waals surface area (Å²) in [4.78, 5) is 12.0. The highest BCUT2D eigenvalue weighted by atomic mass is 35.5. The first-order chi connectivity index (χ1) is 7.46. The van der Waals surface area contributed by atoms with Crippen LogP contribution in [0.2, 0.25) is 0 Å². The van der Waals surface area contributed by atoms with Crippen molar-refractivity contribution in [2.45, 2.75) is 39.0 Å². The summed E-state index contributed by atoms with van der Waals surface area (Å²) >= 11 is 5.61. The van der Waals surface area contributed by atoms with Crippen LogP contribution in [0.4, 0.5) is 0 Å². The van der Waals surface area contributed by atoms with Crippen molar-refractivity contribution in [2.24, 2.45) is 0 Å². The van der Waals surface area contributed by atoms with Crippen LogP contribution in [-0.4, -0.2) is 11.7 Å². The second-order valence-electron chi connectivity index (χ2n) is 5.01. The molecule has 1 rings (SSSR count). The largest absolute Gasteiger partial charge is 0.294 e. The molecule has 0 spiro atoms. The van der Waals surface area contributed by atoms with E-state index in [1.807, 2.05) is 24.3 Å². The van der Waals surface area contributed by atoms with Crippen LogP contribution in [0.15, 0.2) is 24.3 Å². The predicted octanol–water partition coefficient (Wildman–Crippen LogP) is 4.19. The van der Waals surface area contributed by atoms with Crippen LogP contribution in [0.3, 0.4) is 0 Å². The quantitative estimate of drug-likeness (QED) is 0.568. The topological polar surface area (TPSA) is 17.1 Å². The van der Waals surface area contributed by atoms with E-state index in [9.17, 15) is 4.79 Å². The molecule has 0 unspecified atom stereocenters. The maximum atomic E-state index is 12.0. The number of alkyl halides is 1. The highest BCUT2D eigenvalue weighted by Crippen LogP contribution is 2.26. The average molecular weight is 239 g/mol. The zero-order valence-corrected chi connectivity index (χ0v) is 11.0. The van der Waals surface area contributed by atoms with Gasteiger partial charge in [-0.15, -0.1) is 11.6 Å². The van der Waals surface area contributed by atoms with Crippen LogP contribution in [0.5, 0.6) is 0 Å². The first kappa shape index (κ1) is 13.2. The van der Waals surface area contributed by atoms with Gasteiger partial charge in [0.05, 0.1) is 0 Å². The van der Waals surface area contributed by atoms with Gasteiger partial charge in [-0.3, -0.25) is 4.79 Å².